The maximum atomic E-state index is 13.2. The SMILES string of the molecule is Cc1ccn(C(=O)c2cc([N+](=O)[O-])cc([N+](=O)[O-])c2C)c(=NC2CCCCC2)c1. The van der Waals surface area contributed by atoms with Crippen molar-refractivity contribution in [3.63, 3.8) is 0 Å². The number of benzene rings is 1. The van der Waals surface area contributed by atoms with E-state index in [1.165, 1.54) is 17.9 Å². The van der Waals surface area contributed by atoms with E-state index in [-0.39, 0.29) is 17.2 Å². The van der Waals surface area contributed by atoms with Crippen molar-refractivity contribution < 1.29 is 14.6 Å². The summed E-state index contributed by atoms with van der Waals surface area (Å²) in [6, 6.07) is 5.60. The second-order valence-corrected chi connectivity index (χ2v) is 7.31. The van der Waals surface area contributed by atoms with Crippen molar-refractivity contribution in [2.45, 2.75) is 52.0 Å². The maximum Gasteiger partial charge on any atom is 0.279 e. The molecule has 1 saturated carbocycles. The molecular weight excluding hydrogens is 376 g/mol. The summed E-state index contributed by atoms with van der Waals surface area (Å²) >= 11 is 0. The molecule has 9 heteroatoms. The summed E-state index contributed by atoms with van der Waals surface area (Å²) < 4.78 is 1.32. The van der Waals surface area contributed by atoms with Crippen LogP contribution in [0.2, 0.25) is 0 Å². The Hall–Kier alpha value is -3.36. The first kappa shape index (κ1) is 20.4. The third-order valence-electron chi connectivity index (χ3n) is 5.20. The van der Waals surface area contributed by atoms with Gasteiger partial charge in [-0.3, -0.25) is 34.6 Å². The molecule has 1 heterocycles. The molecule has 3 rings (SSSR count). The zero-order valence-electron chi connectivity index (χ0n) is 16.3. The van der Waals surface area contributed by atoms with Crippen molar-refractivity contribution in [3.8, 4) is 0 Å². The van der Waals surface area contributed by atoms with Crippen molar-refractivity contribution in [1.29, 1.82) is 0 Å². The highest BCUT2D eigenvalue weighted by molar-refractivity contribution is 5.98. The molecule has 0 atom stereocenters. The Morgan fingerprint density at radius 3 is 2.38 bits per heavy atom. The molecule has 9 nitrogen and oxygen atoms in total. The number of nitro benzene ring substituents is 2. The lowest BCUT2D eigenvalue weighted by Gasteiger charge is -2.18. The zero-order valence-corrected chi connectivity index (χ0v) is 16.3. The Bertz CT molecular complexity index is 1050. The second kappa shape index (κ2) is 8.34. The van der Waals surface area contributed by atoms with Gasteiger partial charge in [-0.1, -0.05) is 19.3 Å². The molecular formula is C20H22N4O5. The van der Waals surface area contributed by atoms with Crippen LogP contribution in [0, 0.1) is 34.1 Å². The van der Waals surface area contributed by atoms with Gasteiger partial charge in [0, 0.05) is 17.8 Å². The number of nitrogens with zero attached hydrogens (tertiary/aromatic N) is 4. The van der Waals surface area contributed by atoms with E-state index in [0.717, 1.165) is 43.4 Å². The van der Waals surface area contributed by atoms with Crippen molar-refractivity contribution >= 4 is 17.3 Å². The van der Waals surface area contributed by atoms with Gasteiger partial charge in [-0.15, -0.1) is 0 Å². The number of carbonyl (C=O) groups excluding carboxylic acids is 1. The van der Waals surface area contributed by atoms with Crippen LogP contribution in [0.25, 0.3) is 0 Å². The molecule has 0 amide bonds. The third kappa shape index (κ3) is 4.39. The van der Waals surface area contributed by atoms with Crippen LogP contribution in [0.5, 0.6) is 0 Å². The molecule has 0 unspecified atom stereocenters. The number of rotatable bonds is 4. The van der Waals surface area contributed by atoms with E-state index in [0.29, 0.717) is 5.49 Å². The normalized spacial score (nSPS) is 15.3. The highest BCUT2D eigenvalue weighted by atomic mass is 16.6. The number of non-ortho nitro benzene ring substituents is 1. The first-order valence-electron chi connectivity index (χ1n) is 9.49. The minimum atomic E-state index is -0.740. The highest BCUT2D eigenvalue weighted by Gasteiger charge is 2.25. The summed E-state index contributed by atoms with van der Waals surface area (Å²) in [6.07, 6.45) is 6.81. The lowest BCUT2D eigenvalue weighted by atomic mass is 9.96. The summed E-state index contributed by atoms with van der Waals surface area (Å²) in [6.45, 7) is 3.31. The summed E-state index contributed by atoms with van der Waals surface area (Å²) in [5.41, 5.74) is 0.424. The van der Waals surface area contributed by atoms with E-state index in [2.05, 4.69) is 0 Å². The minimum Gasteiger partial charge on any atom is -0.268 e. The van der Waals surface area contributed by atoms with Crippen LogP contribution in [0.4, 0.5) is 11.4 Å². The van der Waals surface area contributed by atoms with Gasteiger partial charge in [-0.2, -0.15) is 0 Å². The van der Waals surface area contributed by atoms with Crippen LogP contribution in [-0.2, 0) is 0 Å². The van der Waals surface area contributed by atoms with Crippen molar-refractivity contribution in [1.82, 2.24) is 4.57 Å². The average Bonchev–Trinajstić information content (AvgIpc) is 2.68. The van der Waals surface area contributed by atoms with Crippen LogP contribution < -0.4 is 5.49 Å². The van der Waals surface area contributed by atoms with Crippen molar-refractivity contribution in [3.05, 3.63) is 72.9 Å². The molecule has 0 aliphatic heterocycles. The number of pyridine rings is 1. The van der Waals surface area contributed by atoms with Gasteiger partial charge in [0.05, 0.1) is 27.5 Å². The lowest BCUT2D eigenvalue weighted by molar-refractivity contribution is -0.394. The van der Waals surface area contributed by atoms with E-state index in [1.54, 1.807) is 18.3 Å². The fourth-order valence-corrected chi connectivity index (χ4v) is 3.59. The van der Waals surface area contributed by atoms with Crippen LogP contribution in [0.1, 0.15) is 53.6 Å². The van der Waals surface area contributed by atoms with Crippen LogP contribution in [-0.4, -0.2) is 26.4 Å². The molecule has 0 saturated heterocycles. The van der Waals surface area contributed by atoms with E-state index in [1.807, 2.05) is 6.92 Å². The smallest absolute Gasteiger partial charge is 0.268 e. The van der Waals surface area contributed by atoms with E-state index < -0.39 is 27.1 Å². The first-order valence-corrected chi connectivity index (χ1v) is 9.49. The Balaban J connectivity index is 2.15. The zero-order chi connectivity index (χ0) is 21.1. The lowest BCUT2D eigenvalue weighted by Crippen LogP contribution is -2.30. The topological polar surface area (TPSA) is 121 Å². The van der Waals surface area contributed by atoms with Gasteiger partial charge in [0.2, 0.25) is 0 Å². The number of hydrogen-bond acceptors (Lipinski definition) is 6. The number of hydrogen-bond donors (Lipinski definition) is 0. The highest BCUT2D eigenvalue weighted by Crippen LogP contribution is 2.28. The summed E-state index contributed by atoms with van der Waals surface area (Å²) in [4.78, 5) is 39.1. The molecule has 1 fully saturated rings. The standard InChI is InChI=1S/C20H22N4O5/c1-13-8-9-22(19(10-13)21-15-6-4-3-5-7-15)20(25)17-11-16(23(26)27)12-18(14(17)2)24(28)29/h8-12,15H,3-7H2,1-2H3. The molecule has 1 aromatic carbocycles. The summed E-state index contributed by atoms with van der Waals surface area (Å²) in [7, 11) is 0. The fourth-order valence-electron chi connectivity index (χ4n) is 3.59. The number of aromatic nitrogens is 1. The molecule has 1 aliphatic rings. The number of nitro groups is 2. The second-order valence-electron chi connectivity index (χ2n) is 7.31. The van der Waals surface area contributed by atoms with Crippen molar-refractivity contribution in [2.75, 3.05) is 0 Å². The molecule has 0 N–H and O–H groups in total. The number of aryl methyl sites for hydroxylation is 1. The average molecular weight is 398 g/mol. The monoisotopic (exact) mass is 398 g/mol. The Morgan fingerprint density at radius 2 is 1.76 bits per heavy atom. The molecule has 0 bridgehead atoms. The van der Waals surface area contributed by atoms with Gasteiger partial charge >= 0.3 is 0 Å². The van der Waals surface area contributed by atoms with Crippen LogP contribution in [0.15, 0.2) is 35.5 Å². The molecule has 1 aliphatic carbocycles. The quantitative estimate of drug-likeness (QED) is 0.572. The molecule has 29 heavy (non-hydrogen) atoms. The van der Waals surface area contributed by atoms with Crippen molar-refractivity contribution in [2.24, 2.45) is 4.99 Å². The molecule has 2 aromatic rings. The molecule has 0 spiro atoms. The minimum absolute atomic E-state index is 0.0835. The van der Waals surface area contributed by atoms with E-state index in [4.69, 9.17) is 4.99 Å². The number of carbonyl (C=O) groups is 1. The Kier molecular flexibility index (Phi) is 5.86. The largest absolute Gasteiger partial charge is 0.279 e. The van der Waals surface area contributed by atoms with Gasteiger partial charge in [0.1, 0.15) is 5.49 Å². The predicted molar refractivity (Wildman–Crippen MR) is 106 cm³/mol. The summed E-state index contributed by atoms with van der Waals surface area (Å²) in [5, 5.41) is 22.5. The Labute approximate surface area is 167 Å². The van der Waals surface area contributed by atoms with Gasteiger partial charge in [0.25, 0.3) is 17.3 Å². The third-order valence-corrected chi connectivity index (χ3v) is 5.20. The predicted octanol–water partition coefficient (Wildman–Crippen LogP) is 3.84. The summed E-state index contributed by atoms with van der Waals surface area (Å²) in [5.74, 6) is -0.580. The Morgan fingerprint density at radius 1 is 1.07 bits per heavy atom. The fraction of sp³-hybridized carbons (Fsp3) is 0.400. The molecule has 0 radical (unpaired) electrons. The van der Waals surface area contributed by atoms with Gasteiger partial charge in [-0.05, 0) is 44.4 Å². The molecule has 152 valence electrons. The van der Waals surface area contributed by atoms with E-state index in [9.17, 15) is 25.0 Å². The van der Waals surface area contributed by atoms with Gasteiger partial charge < -0.3 is 0 Å². The van der Waals surface area contributed by atoms with Gasteiger partial charge in [0.15, 0.2) is 0 Å². The van der Waals surface area contributed by atoms with E-state index >= 15 is 0 Å². The molecule has 1 aromatic heterocycles. The van der Waals surface area contributed by atoms with Crippen LogP contribution in [0.3, 0.4) is 0 Å². The first-order chi connectivity index (χ1) is 13.8. The maximum absolute atomic E-state index is 13.2. The van der Waals surface area contributed by atoms with Crippen LogP contribution >= 0.6 is 0 Å². The van der Waals surface area contributed by atoms with Gasteiger partial charge in [-0.25, -0.2) is 0 Å².